The van der Waals surface area contributed by atoms with Crippen molar-refractivity contribution in [3.63, 3.8) is 0 Å². The van der Waals surface area contributed by atoms with Crippen LogP contribution < -0.4 is 43.4 Å². The molecule has 334 valence electrons. The molecule has 3 aromatic carbocycles. The van der Waals surface area contributed by atoms with Crippen LogP contribution in [0.3, 0.4) is 0 Å². The van der Waals surface area contributed by atoms with Crippen LogP contribution in [0.1, 0.15) is 69.1 Å². The second-order valence-electron chi connectivity index (χ2n) is 16.3. The number of piperidine rings is 1. The number of fused-ring (bicyclic) bond motifs is 2. The number of hydrogen-bond acceptors (Lipinski definition) is 9. The Morgan fingerprint density at radius 2 is 1.30 bits per heavy atom. The van der Waals surface area contributed by atoms with Gasteiger partial charge in [-0.1, -0.05) is 93.4 Å². The zero-order chi connectivity index (χ0) is 44.9. The number of thiophene rings is 1. The van der Waals surface area contributed by atoms with E-state index in [9.17, 15) is 28.8 Å². The van der Waals surface area contributed by atoms with Gasteiger partial charge >= 0.3 is 0 Å². The lowest BCUT2D eigenvalue weighted by Crippen LogP contribution is -2.67. The molecule has 0 saturated carbocycles. The SMILES string of the molecule is CCCC[C@@H](NC(=O)C1(NC(=O)[C@H](Cc2ccccc2)NC(=O)[C@@H](Cc2c[nH]c3ccccc23)NC(=O)[C@@H](Cc2csc3ccccc23)NC(=O)[C@H](N)CC)CCNCC1)C(N)=O. The maximum absolute atomic E-state index is 14.8. The van der Waals surface area contributed by atoms with Gasteiger partial charge in [0.1, 0.15) is 29.7 Å². The highest BCUT2D eigenvalue weighted by Gasteiger charge is 2.44. The predicted octanol–water partition coefficient (Wildman–Crippen LogP) is 3.00. The van der Waals surface area contributed by atoms with E-state index in [1.807, 2.05) is 91.2 Å². The highest BCUT2D eigenvalue weighted by molar-refractivity contribution is 7.17. The van der Waals surface area contributed by atoms with Crippen molar-refractivity contribution in [3.8, 4) is 0 Å². The molecular weight excluding hydrogens is 819 g/mol. The molecule has 6 amide bonds. The fourth-order valence-corrected chi connectivity index (χ4v) is 8.97. The van der Waals surface area contributed by atoms with E-state index >= 15 is 0 Å². The average molecular weight is 878 g/mol. The van der Waals surface area contributed by atoms with Crippen LogP contribution in [0.2, 0.25) is 0 Å². The third kappa shape index (κ3) is 11.9. The fourth-order valence-electron chi connectivity index (χ4n) is 7.99. The number of rotatable bonds is 21. The molecule has 1 aliphatic rings. The molecule has 0 aliphatic carbocycles. The van der Waals surface area contributed by atoms with Gasteiger partial charge in [0, 0.05) is 41.1 Å². The number of unbranched alkanes of at least 4 members (excludes halogenated alkanes) is 1. The van der Waals surface area contributed by atoms with Gasteiger partial charge in [0.05, 0.1) is 6.04 Å². The van der Waals surface area contributed by atoms with Gasteiger partial charge in [0.25, 0.3) is 0 Å². The monoisotopic (exact) mass is 877 g/mol. The number of hydrogen-bond donors (Lipinski definition) is 9. The van der Waals surface area contributed by atoms with Crippen molar-refractivity contribution in [2.45, 2.75) is 107 Å². The van der Waals surface area contributed by atoms with E-state index in [1.54, 1.807) is 13.1 Å². The number of aromatic nitrogens is 1. The minimum Gasteiger partial charge on any atom is -0.368 e. The molecule has 2 aromatic heterocycles. The van der Waals surface area contributed by atoms with E-state index < -0.39 is 71.2 Å². The second-order valence-corrected chi connectivity index (χ2v) is 17.2. The first-order valence-corrected chi connectivity index (χ1v) is 22.6. The Balaban J connectivity index is 1.31. The first-order chi connectivity index (χ1) is 30.4. The molecule has 1 fully saturated rings. The van der Waals surface area contributed by atoms with Crippen molar-refractivity contribution in [1.29, 1.82) is 0 Å². The van der Waals surface area contributed by atoms with Gasteiger partial charge in [-0.25, -0.2) is 0 Å². The number of para-hydroxylation sites is 1. The van der Waals surface area contributed by atoms with Crippen molar-refractivity contribution < 1.29 is 28.8 Å². The minimum absolute atomic E-state index is 0.0298. The molecule has 0 unspecified atom stereocenters. The topological polar surface area (TPSA) is 242 Å². The second kappa shape index (κ2) is 21.8. The highest BCUT2D eigenvalue weighted by Crippen LogP contribution is 2.27. The van der Waals surface area contributed by atoms with Crippen LogP contribution in [0, 0.1) is 0 Å². The smallest absolute Gasteiger partial charge is 0.246 e. The molecule has 5 atom stereocenters. The lowest BCUT2D eigenvalue weighted by atomic mass is 9.86. The molecule has 5 aromatic rings. The molecular formula is C47H59N9O6S. The first-order valence-electron chi connectivity index (χ1n) is 21.7. The Morgan fingerprint density at radius 3 is 1.97 bits per heavy atom. The van der Waals surface area contributed by atoms with E-state index in [2.05, 4.69) is 36.9 Å². The fraction of sp³-hybridized carbons (Fsp3) is 0.404. The van der Waals surface area contributed by atoms with Crippen molar-refractivity contribution in [2.75, 3.05) is 13.1 Å². The summed E-state index contributed by atoms with van der Waals surface area (Å²) in [5.74, 6) is -3.57. The first kappa shape index (κ1) is 46.4. The maximum Gasteiger partial charge on any atom is 0.246 e. The summed E-state index contributed by atoms with van der Waals surface area (Å²) in [6.45, 7) is 4.58. The normalized spacial score (nSPS) is 15.9. The maximum atomic E-state index is 14.8. The number of primary amides is 1. The van der Waals surface area contributed by atoms with E-state index in [0.717, 1.165) is 44.1 Å². The molecule has 3 heterocycles. The number of carbonyl (C=O) groups excluding carboxylic acids is 6. The average Bonchev–Trinajstić information content (AvgIpc) is 3.90. The van der Waals surface area contributed by atoms with Crippen LogP contribution in [0.4, 0.5) is 0 Å². The summed E-state index contributed by atoms with van der Waals surface area (Å²) >= 11 is 1.53. The lowest BCUT2D eigenvalue weighted by molar-refractivity contribution is -0.138. The molecule has 1 saturated heterocycles. The molecule has 16 heteroatoms. The van der Waals surface area contributed by atoms with Crippen molar-refractivity contribution >= 4 is 67.8 Å². The Hall–Kier alpha value is -6.10. The molecule has 15 nitrogen and oxygen atoms in total. The van der Waals surface area contributed by atoms with Crippen molar-refractivity contribution in [1.82, 2.24) is 36.9 Å². The molecule has 63 heavy (non-hydrogen) atoms. The summed E-state index contributed by atoms with van der Waals surface area (Å²) < 4.78 is 1.02. The van der Waals surface area contributed by atoms with Crippen molar-refractivity contribution in [3.05, 3.63) is 107 Å². The predicted molar refractivity (Wildman–Crippen MR) is 245 cm³/mol. The summed E-state index contributed by atoms with van der Waals surface area (Å²) in [5, 5.41) is 21.5. The summed E-state index contributed by atoms with van der Waals surface area (Å²) in [6.07, 6.45) is 4.62. The number of nitrogens with two attached hydrogens (primary N) is 2. The Morgan fingerprint density at radius 1 is 0.698 bits per heavy atom. The van der Waals surface area contributed by atoms with Crippen molar-refractivity contribution in [2.24, 2.45) is 11.5 Å². The van der Waals surface area contributed by atoms with Gasteiger partial charge in [0.2, 0.25) is 35.4 Å². The van der Waals surface area contributed by atoms with Crippen LogP contribution in [0.5, 0.6) is 0 Å². The van der Waals surface area contributed by atoms with Gasteiger partial charge in [-0.05, 0) is 78.4 Å². The molecule has 0 bridgehead atoms. The number of aromatic amines is 1. The van der Waals surface area contributed by atoms with Gasteiger partial charge in [0.15, 0.2) is 0 Å². The van der Waals surface area contributed by atoms with Crippen LogP contribution in [0.25, 0.3) is 21.0 Å². The van der Waals surface area contributed by atoms with E-state index in [0.29, 0.717) is 32.4 Å². The summed E-state index contributed by atoms with van der Waals surface area (Å²) in [4.78, 5) is 87.0. The quantitative estimate of drug-likeness (QED) is 0.0530. The van der Waals surface area contributed by atoms with Gasteiger partial charge in [-0.3, -0.25) is 28.8 Å². The van der Waals surface area contributed by atoms with Crippen LogP contribution in [-0.2, 0) is 48.0 Å². The van der Waals surface area contributed by atoms with Crippen LogP contribution in [-0.4, -0.2) is 89.3 Å². The molecule has 6 rings (SSSR count). The number of amides is 6. The lowest BCUT2D eigenvalue weighted by Gasteiger charge is -2.39. The zero-order valence-corrected chi connectivity index (χ0v) is 36.7. The number of H-pyrrole nitrogens is 1. The van der Waals surface area contributed by atoms with Crippen LogP contribution in [0.15, 0.2) is 90.4 Å². The third-order valence-electron chi connectivity index (χ3n) is 11.8. The molecule has 1 aliphatic heterocycles. The Kier molecular flexibility index (Phi) is 16.1. The summed E-state index contributed by atoms with van der Waals surface area (Å²) in [6, 6.07) is 19.2. The van der Waals surface area contributed by atoms with E-state index in [1.165, 1.54) is 11.3 Å². The van der Waals surface area contributed by atoms with Gasteiger partial charge < -0.3 is 48.4 Å². The molecule has 11 N–H and O–H groups in total. The number of benzene rings is 3. The largest absolute Gasteiger partial charge is 0.368 e. The van der Waals surface area contributed by atoms with Gasteiger partial charge in [-0.2, -0.15) is 0 Å². The number of carbonyl (C=O) groups is 6. The minimum atomic E-state index is -1.41. The molecule has 0 radical (unpaired) electrons. The standard InChI is InChI=1S/C47H59N9O6S/c1-3-5-17-36(41(49)57)55-46(62)47(20-22-50-23-21-47)56-45(61)37(24-29-13-7-6-8-14-29)53-43(59)38(25-30-27-51-35-18-11-9-15-32(30)35)54-44(60)39(52-42(58)34(48)4-2)26-31-28-63-40-19-12-10-16-33(31)40/h6-16,18-19,27-28,34,36-39,50-51H,3-5,17,20-26,48H2,1-2H3,(H2,49,57)(H,52,58)(H,53,59)(H,54,60)(H,55,62)(H,56,61)/t34-,36-,37+,38-,39-/m1/s1. The number of nitrogens with one attached hydrogen (secondary N) is 7. The van der Waals surface area contributed by atoms with E-state index in [4.69, 9.17) is 11.5 Å². The van der Waals surface area contributed by atoms with Crippen LogP contribution >= 0.6 is 11.3 Å². The van der Waals surface area contributed by atoms with E-state index in [-0.39, 0.29) is 32.1 Å². The summed E-state index contributed by atoms with van der Waals surface area (Å²) in [7, 11) is 0. The zero-order valence-electron chi connectivity index (χ0n) is 35.8. The highest BCUT2D eigenvalue weighted by atomic mass is 32.1. The van der Waals surface area contributed by atoms with Gasteiger partial charge in [-0.15, -0.1) is 11.3 Å². The Labute approximate surface area is 371 Å². The Bertz CT molecular complexity index is 2380. The summed E-state index contributed by atoms with van der Waals surface area (Å²) in [5.41, 5.74) is 13.6. The third-order valence-corrected chi connectivity index (χ3v) is 12.8. The molecule has 0 spiro atoms.